The van der Waals surface area contributed by atoms with Crippen LogP contribution >= 0.6 is 12.6 Å². The Labute approximate surface area is 136 Å². The summed E-state index contributed by atoms with van der Waals surface area (Å²) in [4.78, 5) is 12.1. The summed E-state index contributed by atoms with van der Waals surface area (Å²) in [6, 6.07) is 15.7. The molecule has 0 aliphatic heterocycles. The van der Waals surface area contributed by atoms with Crippen molar-refractivity contribution in [3.8, 4) is 16.9 Å². The van der Waals surface area contributed by atoms with Gasteiger partial charge in [0.05, 0.1) is 0 Å². The van der Waals surface area contributed by atoms with Crippen molar-refractivity contribution in [1.82, 2.24) is 0 Å². The lowest BCUT2D eigenvalue weighted by atomic mass is 10.0. The van der Waals surface area contributed by atoms with Crippen molar-refractivity contribution in [2.75, 3.05) is 13.2 Å². The van der Waals surface area contributed by atoms with Crippen molar-refractivity contribution in [1.29, 1.82) is 0 Å². The van der Waals surface area contributed by atoms with Crippen LogP contribution in [0.25, 0.3) is 11.1 Å². The van der Waals surface area contributed by atoms with Gasteiger partial charge >= 0.3 is 5.97 Å². The van der Waals surface area contributed by atoms with Crippen LogP contribution in [-0.4, -0.2) is 19.2 Å². The van der Waals surface area contributed by atoms with Crippen LogP contribution < -0.4 is 4.74 Å². The maximum atomic E-state index is 11.2. The second kappa shape index (κ2) is 8.29. The second-order valence-corrected chi connectivity index (χ2v) is 5.08. The van der Waals surface area contributed by atoms with Crippen molar-refractivity contribution >= 4 is 18.6 Å². The third-order valence-electron chi connectivity index (χ3n) is 2.94. The van der Waals surface area contributed by atoms with Gasteiger partial charge in [0, 0.05) is 16.5 Å². The quantitative estimate of drug-likeness (QED) is 0.377. The fraction of sp³-hybridized carbons (Fsp3) is 0.167. The van der Waals surface area contributed by atoms with E-state index < -0.39 is 0 Å². The SMILES string of the molecule is CC=CC(=O)OCCOc1ccc(S)cc1-c1ccccc1. The van der Waals surface area contributed by atoms with E-state index in [0.717, 1.165) is 21.8 Å². The lowest BCUT2D eigenvalue weighted by Crippen LogP contribution is -2.10. The van der Waals surface area contributed by atoms with Crippen molar-refractivity contribution < 1.29 is 14.3 Å². The number of hydrogen-bond acceptors (Lipinski definition) is 4. The first kappa shape index (κ1) is 16.2. The Morgan fingerprint density at radius 3 is 2.64 bits per heavy atom. The van der Waals surface area contributed by atoms with Gasteiger partial charge in [-0.15, -0.1) is 12.6 Å². The lowest BCUT2D eigenvalue weighted by molar-refractivity contribution is -0.138. The molecule has 0 radical (unpaired) electrons. The molecule has 0 aliphatic carbocycles. The number of ether oxygens (including phenoxy) is 2. The van der Waals surface area contributed by atoms with Crippen LogP contribution in [0.1, 0.15) is 6.92 Å². The highest BCUT2D eigenvalue weighted by Crippen LogP contribution is 2.31. The zero-order chi connectivity index (χ0) is 15.8. The largest absolute Gasteiger partial charge is 0.489 e. The van der Waals surface area contributed by atoms with Gasteiger partial charge < -0.3 is 9.47 Å². The van der Waals surface area contributed by atoms with Gasteiger partial charge in [-0.25, -0.2) is 4.79 Å². The van der Waals surface area contributed by atoms with E-state index in [9.17, 15) is 4.79 Å². The molecule has 114 valence electrons. The first-order valence-electron chi connectivity index (χ1n) is 7.01. The predicted molar refractivity (Wildman–Crippen MR) is 90.4 cm³/mol. The summed E-state index contributed by atoms with van der Waals surface area (Å²) < 4.78 is 10.7. The molecule has 0 saturated heterocycles. The average Bonchev–Trinajstić information content (AvgIpc) is 2.54. The molecule has 0 N–H and O–H groups in total. The van der Waals surface area contributed by atoms with Gasteiger partial charge in [-0.05, 0) is 30.7 Å². The Hall–Kier alpha value is -2.20. The summed E-state index contributed by atoms with van der Waals surface area (Å²) in [5.41, 5.74) is 2.02. The molecule has 0 atom stereocenters. The highest BCUT2D eigenvalue weighted by atomic mass is 32.1. The van der Waals surface area contributed by atoms with E-state index in [2.05, 4.69) is 12.6 Å². The van der Waals surface area contributed by atoms with E-state index in [0.29, 0.717) is 6.61 Å². The number of carbonyl (C=O) groups excluding carboxylic acids is 1. The molecular weight excluding hydrogens is 296 g/mol. The van der Waals surface area contributed by atoms with Crippen LogP contribution in [0.5, 0.6) is 5.75 Å². The zero-order valence-electron chi connectivity index (χ0n) is 12.4. The number of allylic oxidation sites excluding steroid dienone is 1. The Morgan fingerprint density at radius 1 is 1.14 bits per heavy atom. The van der Waals surface area contributed by atoms with Gasteiger partial charge in [0.25, 0.3) is 0 Å². The maximum absolute atomic E-state index is 11.2. The van der Waals surface area contributed by atoms with E-state index in [1.165, 1.54) is 6.08 Å². The Morgan fingerprint density at radius 2 is 1.91 bits per heavy atom. The van der Waals surface area contributed by atoms with Crippen LogP contribution in [0.4, 0.5) is 0 Å². The molecule has 0 bridgehead atoms. The van der Waals surface area contributed by atoms with E-state index in [1.807, 2.05) is 48.5 Å². The molecule has 0 aliphatic rings. The molecule has 2 aromatic carbocycles. The molecular formula is C18H18O3S. The summed E-state index contributed by atoms with van der Waals surface area (Å²) in [7, 11) is 0. The van der Waals surface area contributed by atoms with Gasteiger partial charge in [-0.3, -0.25) is 0 Å². The van der Waals surface area contributed by atoms with E-state index >= 15 is 0 Å². The molecule has 3 nitrogen and oxygen atoms in total. The minimum Gasteiger partial charge on any atom is -0.489 e. The van der Waals surface area contributed by atoms with Gasteiger partial charge in [0.1, 0.15) is 19.0 Å². The minimum absolute atomic E-state index is 0.208. The molecule has 0 saturated carbocycles. The fourth-order valence-corrected chi connectivity index (χ4v) is 2.17. The third kappa shape index (κ3) is 4.67. The smallest absolute Gasteiger partial charge is 0.330 e. The predicted octanol–water partition coefficient (Wildman–Crippen LogP) is 4.14. The molecule has 0 amide bonds. The highest BCUT2D eigenvalue weighted by molar-refractivity contribution is 7.80. The van der Waals surface area contributed by atoms with Crippen molar-refractivity contribution in [2.24, 2.45) is 0 Å². The Kier molecular flexibility index (Phi) is 6.10. The summed E-state index contributed by atoms with van der Waals surface area (Å²) >= 11 is 4.38. The third-order valence-corrected chi connectivity index (χ3v) is 3.21. The lowest BCUT2D eigenvalue weighted by Gasteiger charge is -2.12. The second-order valence-electron chi connectivity index (χ2n) is 4.56. The molecule has 22 heavy (non-hydrogen) atoms. The number of benzene rings is 2. The average molecular weight is 314 g/mol. The van der Waals surface area contributed by atoms with Crippen LogP contribution in [-0.2, 0) is 9.53 Å². The summed E-state index contributed by atoms with van der Waals surface area (Å²) in [5, 5.41) is 0. The topological polar surface area (TPSA) is 35.5 Å². The highest BCUT2D eigenvalue weighted by Gasteiger charge is 2.07. The number of thiol groups is 1. The first-order chi connectivity index (χ1) is 10.7. The Bertz CT molecular complexity index is 651. The summed E-state index contributed by atoms with van der Waals surface area (Å²) in [6.07, 6.45) is 3.02. The normalized spacial score (nSPS) is 10.6. The van der Waals surface area contributed by atoms with Gasteiger partial charge in [-0.2, -0.15) is 0 Å². The van der Waals surface area contributed by atoms with Crippen LogP contribution in [0, 0.1) is 0 Å². The van der Waals surface area contributed by atoms with E-state index in [4.69, 9.17) is 9.47 Å². The van der Waals surface area contributed by atoms with E-state index in [-0.39, 0.29) is 12.6 Å². The van der Waals surface area contributed by atoms with Crippen molar-refractivity contribution in [2.45, 2.75) is 11.8 Å². The van der Waals surface area contributed by atoms with Crippen molar-refractivity contribution in [3.05, 3.63) is 60.7 Å². The molecule has 0 unspecified atom stereocenters. The summed E-state index contributed by atoms with van der Waals surface area (Å²) in [6.45, 7) is 2.28. The van der Waals surface area contributed by atoms with Gasteiger partial charge in [0.2, 0.25) is 0 Å². The van der Waals surface area contributed by atoms with Crippen LogP contribution in [0.15, 0.2) is 65.6 Å². The molecule has 0 heterocycles. The number of carbonyl (C=O) groups is 1. The molecule has 0 spiro atoms. The summed E-state index contributed by atoms with van der Waals surface area (Å²) in [5.74, 6) is 0.381. The molecule has 0 aromatic heterocycles. The minimum atomic E-state index is -0.361. The maximum Gasteiger partial charge on any atom is 0.330 e. The van der Waals surface area contributed by atoms with E-state index in [1.54, 1.807) is 13.0 Å². The molecule has 4 heteroatoms. The fourth-order valence-electron chi connectivity index (χ4n) is 1.97. The molecule has 2 aromatic rings. The standard InChI is InChI=1S/C18H18O3S/c1-2-6-18(19)21-12-11-20-17-10-9-15(22)13-16(17)14-7-4-3-5-8-14/h2-10,13,22H,11-12H2,1H3. The van der Waals surface area contributed by atoms with Gasteiger partial charge in [-0.1, -0.05) is 36.4 Å². The number of rotatable bonds is 6. The number of esters is 1. The zero-order valence-corrected chi connectivity index (χ0v) is 13.3. The Balaban J connectivity index is 2.04. The number of hydrogen-bond donors (Lipinski definition) is 1. The van der Waals surface area contributed by atoms with Gasteiger partial charge in [0.15, 0.2) is 0 Å². The molecule has 0 fully saturated rings. The van der Waals surface area contributed by atoms with Crippen LogP contribution in [0.2, 0.25) is 0 Å². The molecule has 2 rings (SSSR count). The van der Waals surface area contributed by atoms with Crippen LogP contribution in [0.3, 0.4) is 0 Å². The first-order valence-corrected chi connectivity index (χ1v) is 7.46. The monoisotopic (exact) mass is 314 g/mol. The van der Waals surface area contributed by atoms with Crippen molar-refractivity contribution in [3.63, 3.8) is 0 Å².